The lowest BCUT2D eigenvalue weighted by molar-refractivity contribution is -0.384. The summed E-state index contributed by atoms with van der Waals surface area (Å²) in [6.07, 6.45) is 5.12. The molecule has 3 atom stereocenters. The molecule has 1 heterocycles. The molecule has 0 spiro atoms. The number of nitrogens with zero attached hydrogens (tertiary/aromatic N) is 2. The first-order chi connectivity index (χ1) is 13.1. The molecule has 6 nitrogen and oxygen atoms in total. The van der Waals surface area contributed by atoms with Crippen LogP contribution in [-0.4, -0.2) is 11.5 Å². The Balaban J connectivity index is 1.70. The molecular weight excluding hydrogens is 366 g/mol. The Bertz CT molecular complexity index is 966. The summed E-state index contributed by atoms with van der Waals surface area (Å²) in [6, 6.07) is 12.6. The van der Waals surface area contributed by atoms with E-state index in [1.54, 1.807) is 6.07 Å². The highest BCUT2D eigenvalue weighted by molar-refractivity contribution is 6.33. The SMILES string of the molecule is N#CCOc1ccc([C@@H]2Nc3c(Cl)cc([N+](=O)[O-])cc3[C@@H]3C=CC[C@H]32)cc1. The number of hydrogen-bond acceptors (Lipinski definition) is 5. The van der Waals surface area contributed by atoms with E-state index in [2.05, 4.69) is 17.5 Å². The highest BCUT2D eigenvalue weighted by atomic mass is 35.5. The highest BCUT2D eigenvalue weighted by Crippen LogP contribution is 2.52. The van der Waals surface area contributed by atoms with Crippen LogP contribution in [-0.2, 0) is 0 Å². The third-order valence-corrected chi connectivity index (χ3v) is 5.46. The number of benzene rings is 2. The van der Waals surface area contributed by atoms with Crippen molar-refractivity contribution in [1.29, 1.82) is 5.26 Å². The summed E-state index contributed by atoms with van der Waals surface area (Å²) >= 11 is 6.38. The molecule has 0 saturated heterocycles. The van der Waals surface area contributed by atoms with Gasteiger partial charge >= 0.3 is 0 Å². The van der Waals surface area contributed by atoms with Gasteiger partial charge in [0, 0.05) is 18.1 Å². The highest BCUT2D eigenvalue weighted by Gasteiger charge is 2.39. The molecule has 136 valence electrons. The predicted octanol–water partition coefficient (Wildman–Crippen LogP) is 4.98. The molecule has 7 heteroatoms. The number of ether oxygens (including phenoxy) is 1. The van der Waals surface area contributed by atoms with E-state index < -0.39 is 4.92 Å². The minimum atomic E-state index is -0.411. The fourth-order valence-electron chi connectivity index (χ4n) is 3.96. The number of fused-ring (bicyclic) bond motifs is 3. The molecule has 2 aliphatic rings. The summed E-state index contributed by atoms with van der Waals surface area (Å²) < 4.78 is 5.32. The Kier molecular flexibility index (Phi) is 4.46. The molecule has 0 bridgehead atoms. The zero-order chi connectivity index (χ0) is 19.0. The van der Waals surface area contributed by atoms with E-state index in [1.807, 2.05) is 30.3 Å². The second kappa shape index (κ2) is 6.93. The van der Waals surface area contributed by atoms with Gasteiger partial charge in [0.25, 0.3) is 5.69 Å². The standard InChI is InChI=1S/C20H16ClN3O3/c21-18-11-13(24(25)26)10-17-15-2-1-3-16(15)19(23-20(17)18)12-4-6-14(7-5-12)27-9-8-22/h1-2,4-7,10-11,15-16,19,23H,3,9H2/t15-,16-,19+/m1/s1. The summed E-state index contributed by atoms with van der Waals surface area (Å²) in [5.74, 6) is 0.978. The molecule has 4 rings (SSSR count). The Morgan fingerprint density at radius 3 is 2.81 bits per heavy atom. The van der Waals surface area contributed by atoms with Gasteiger partial charge in [0.15, 0.2) is 6.61 Å². The maximum atomic E-state index is 11.2. The maximum Gasteiger partial charge on any atom is 0.271 e. The molecule has 0 unspecified atom stereocenters. The Morgan fingerprint density at radius 2 is 2.11 bits per heavy atom. The van der Waals surface area contributed by atoms with Crippen LogP contribution in [0.5, 0.6) is 5.75 Å². The lowest BCUT2D eigenvalue weighted by Gasteiger charge is -2.37. The Morgan fingerprint density at radius 1 is 1.33 bits per heavy atom. The van der Waals surface area contributed by atoms with Crippen LogP contribution in [0.4, 0.5) is 11.4 Å². The van der Waals surface area contributed by atoms with Crippen molar-refractivity contribution in [2.45, 2.75) is 18.4 Å². The Hall–Kier alpha value is -3.04. The van der Waals surface area contributed by atoms with E-state index >= 15 is 0 Å². The van der Waals surface area contributed by atoms with E-state index in [1.165, 1.54) is 6.07 Å². The minimum Gasteiger partial charge on any atom is -0.479 e. The average Bonchev–Trinajstić information content (AvgIpc) is 3.16. The molecule has 0 fully saturated rings. The molecule has 1 aliphatic carbocycles. The van der Waals surface area contributed by atoms with Crippen molar-refractivity contribution in [3.05, 3.63) is 74.8 Å². The van der Waals surface area contributed by atoms with E-state index in [0.29, 0.717) is 10.8 Å². The molecule has 2 aromatic carbocycles. The summed E-state index contributed by atoms with van der Waals surface area (Å²) in [7, 11) is 0. The first-order valence-electron chi connectivity index (χ1n) is 8.59. The number of anilines is 1. The number of rotatable bonds is 4. The number of nitro groups is 1. The fraction of sp³-hybridized carbons (Fsp3) is 0.250. The molecule has 27 heavy (non-hydrogen) atoms. The summed E-state index contributed by atoms with van der Waals surface area (Å²) in [6.45, 7) is 0.0113. The maximum absolute atomic E-state index is 11.2. The normalized spacial score (nSPS) is 22.3. The van der Waals surface area contributed by atoms with Crippen LogP contribution in [0.2, 0.25) is 5.02 Å². The lowest BCUT2D eigenvalue weighted by atomic mass is 9.77. The molecule has 0 amide bonds. The van der Waals surface area contributed by atoms with Crippen LogP contribution < -0.4 is 10.1 Å². The third-order valence-electron chi connectivity index (χ3n) is 5.16. The second-order valence-electron chi connectivity index (χ2n) is 6.64. The van der Waals surface area contributed by atoms with Crippen molar-refractivity contribution in [3.8, 4) is 11.8 Å². The van der Waals surface area contributed by atoms with Gasteiger partial charge in [0.05, 0.1) is 21.7 Å². The number of halogens is 1. The summed E-state index contributed by atoms with van der Waals surface area (Å²) in [4.78, 5) is 10.8. The van der Waals surface area contributed by atoms with Gasteiger partial charge in [-0.1, -0.05) is 35.9 Å². The van der Waals surface area contributed by atoms with Crippen LogP contribution in [0, 0.1) is 27.4 Å². The lowest BCUT2D eigenvalue weighted by Crippen LogP contribution is -2.29. The monoisotopic (exact) mass is 381 g/mol. The number of hydrogen-bond donors (Lipinski definition) is 1. The van der Waals surface area contributed by atoms with Crippen molar-refractivity contribution >= 4 is 23.0 Å². The van der Waals surface area contributed by atoms with Gasteiger partial charge in [-0.2, -0.15) is 5.26 Å². The largest absolute Gasteiger partial charge is 0.479 e. The van der Waals surface area contributed by atoms with Crippen molar-refractivity contribution in [3.63, 3.8) is 0 Å². The van der Waals surface area contributed by atoms with Gasteiger partial charge in [-0.25, -0.2) is 0 Å². The molecule has 0 saturated carbocycles. The van der Waals surface area contributed by atoms with Gasteiger partial charge < -0.3 is 10.1 Å². The van der Waals surface area contributed by atoms with Crippen LogP contribution in [0.1, 0.15) is 29.5 Å². The van der Waals surface area contributed by atoms with Gasteiger partial charge in [-0.05, 0) is 35.6 Å². The number of non-ortho nitro benzene ring substituents is 1. The fourth-order valence-corrected chi connectivity index (χ4v) is 4.24. The van der Waals surface area contributed by atoms with Gasteiger partial charge in [-0.15, -0.1) is 0 Å². The smallest absolute Gasteiger partial charge is 0.271 e. The van der Waals surface area contributed by atoms with Crippen LogP contribution in [0.25, 0.3) is 0 Å². The molecule has 1 aliphatic heterocycles. The molecule has 0 aromatic heterocycles. The molecule has 0 radical (unpaired) electrons. The first kappa shape index (κ1) is 17.4. The number of allylic oxidation sites excluding steroid dienone is 2. The van der Waals surface area contributed by atoms with E-state index in [-0.39, 0.29) is 30.2 Å². The van der Waals surface area contributed by atoms with Crippen LogP contribution >= 0.6 is 11.6 Å². The van der Waals surface area contributed by atoms with Crippen molar-refractivity contribution < 1.29 is 9.66 Å². The van der Waals surface area contributed by atoms with Crippen LogP contribution in [0.15, 0.2) is 48.6 Å². The number of nitrogens with one attached hydrogen (secondary N) is 1. The molecule has 1 N–H and O–H groups in total. The quantitative estimate of drug-likeness (QED) is 0.458. The van der Waals surface area contributed by atoms with E-state index in [0.717, 1.165) is 23.2 Å². The average molecular weight is 382 g/mol. The van der Waals surface area contributed by atoms with Gasteiger partial charge in [0.1, 0.15) is 11.8 Å². The zero-order valence-electron chi connectivity index (χ0n) is 14.3. The van der Waals surface area contributed by atoms with Gasteiger partial charge in [0.2, 0.25) is 0 Å². The predicted molar refractivity (Wildman–Crippen MR) is 102 cm³/mol. The molecule has 2 aromatic rings. The summed E-state index contributed by atoms with van der Waals surface area (Å²) in [5, 5.41) is 23.7. The van der Waals surface area contributed by atoms with Crippen LogP contribution in [0.3, 0.4) is 0 Å². The van der Waals surface area contributed by atoms with Gasteiger partial charge in [-0.3, -0.25) is 10.1 Å². The van der Waals surface area contributed by atoms with E-state index in [4.69, 9.17) is 21.6 Å². The number of nitriles is 1. The topological polar surface area (TPSA) is 88.2 Å². The summed E-state index contributed by atoms with van der Waals surface area (Å²) in [5.41, 5.74) is 2.72. The van der Waals surface area contributed by atoms with E-state index in [9.17, 15) is 10.1 Å². The third kappa shape index (κ3) is 3.11. The second-order valence-corrected chi connectivity index (χ2v) is 7.05. The first-order valence-corrected chi connectivity index (χ1v) is 8.97. The number of nitro benzene ring substituents is 1. The van der Waals surface area contributed by atoms with Crippen molar-refractivity contribution in [1.82, 2.24) is 0 Å². The zero-order valence-corrected chi connectivity index (χ0v) is 15.0. The molecular formula is C20H16ClN3O3. The van der Waals surface area contributed by atoms with Crippen molar-refractivity contribution in [2.75, 3.05) is 11.9 Å². The van der Waals surface area contributed by atoms with Crippen molar-refractivity contribution in [2.24, 2.45) is 5.92 Å². The minimum absolute atomic E-state index is 0.0112. The Labute approximate surface area is 161 Å².